The van der Waals surface area contributed by atoms with E-state index < -0.39 is 6.17 Å². The highest BCUT2D eigenvalue weighted by Crippen LogP contribution is 2.49. The summed E-state index contributed by atoms with van der Waals surface area (Å²) in [6.45, 7) is 0. The van der Waals surface area contributed by atoms with Crippen LogP contribution in [0, 0.1) is 0 Å². The fraction of sp³-hybridized carbons (Fsp3) is 0.0100. The van der Waals surface area contributed by atoms with Crippen molar-refractivity contribution in [1.29, 1.82) is 0 Å². The predicted octanol–water partition coefficient (Wildman–Crippen LogP) is 26.2. The van der Waals surface area contributed by atoms with Gasteiger partial charge in [-0.15, -0.1) is 0 Å². The SMILES string of the molecule is c1ccc(C2=NC(c3ccc(-c4ccccc4)cc3)NC(c3cccc4oc5cccc(-c6cccc7c6oc6c8ccc(-c9cccc%10c9ccc9oc%11c(-c%12ccc%13oc%14ccccc%14c%13c%12-c%12nc(-c%13ccc%14ccccc%14c%13)nc(-c%13ccc%14ccccc%14c%13)n%12)cccc%11c9%10)cc8ccc76)c5c34)=N2)cc1. The fourth-order valence-electron chi connectivity index (χ4n) is 17.0. The Bertz CT molecular complexity index is 7600. The molecule has 1 N–H and O–H groups in total. The molecule has 0 aliphatic carbocycles. The molecule has 0 bridgehead atoms. The highest BCUT2D eigenvalue weighted by Gasteiger charge is 2.29. The Labute approximate surface area is 627 Å². The Kier molecular flexibility index (Phi) is 13.6. The lowest BCUT2D eigenvalue weighted by Crippen LogP contribution is -2.33. The molecule has 6 heterocycles. The molecule has 10 nitrogen and oxygen atoms in total. The van der Waals surface area contributed by atoms with E-state index in [0.717, 1.165) is 209 Å². The van der Waals surface area contributed by atoms with E-state index in [2.05, 4.69) is 290 Å². The molecule has 1 atom stereocenters. The summed E-state index contributed by atoms with van der Waals surface area (Å²) >= 11 is 0. The molecule has 1 unspecified atom stereocenters. The molecule has 17 aromatic carbocycles. The Morgan fingerprint density at radius 1 is 0.245 bits per heavy atom. The van der Waals surface area contributed by atoms with Crippen LogP contribution in [-0.4, -0.2) is 26.6 Å². The summed E-state index contributed by atoms with van der Waals surface area (Å²) in [5, 5.41) is 20.4. The predicted molar refractivity (Wildman–Crippen MR) is 449 cm³/mol. The number of para-hydroxylation sites is 3. The first-order chi connectivity index (χ1) is 54.5. The van der Waals surface area contributed by atoms with Gasteiger partial charge in [0.25, 0.3) is 0 Å². The van der Waals surface area contributed by atoms with E-state index in [1.165, 1.54) is 0 Å². The number of aliphatic imine (C=N–C) groups is 2. The molecule has 0 saturated heterocycles. The van der Waals surface area contributed by atoms with Crippen molar-refractivity contribution in [2.24, 2.45) is 9.98 Å². The average molecular weight is 1410 g/mol. The van der Waals surface area contributed by atoms with E-state index in [1.54, 1.807) is 0 Å². The van der Waals surface area contributed by atoms with Gasteiger partial charge in [-0.05, 0) is 143 Å². The van der Waals surface area contributed by atoms with Crippen molar-refractivity contribution in [2.75, 3.05) is 0 Å². The zero-order valence-electron chi connectivity index (χ0n) is 58.8. The minimum atomic E-state index is -0.415. The Balaban J connectivity index is 0.631. The number of hydrogen-bond acceptors (Lipinski definition) is 10. The minimum absolute atomic E-state index is 0.415. The van der Waals surface area contributed by atoms with E-state index >= 15 is 0 Å². The van der Waals surface area contributed by atoms with Gasteiger partial charge in [0.05, 0.1) is 0 Å². The highest BCUT2D eigenvalue weighted by atomic mass is 16.3. The quantitative estimate of drug-likeness (QED) is 0.143. The summed E-state index contributed by atoms with van der Waals surface area (Å²) in [4.78, 5) is 26.9. The Morgan fingerprint density at radius 2 is 0.736 bits per heavy atom. The number of rotatable bonds is 10. The van der Waals surface area contributed by atoms with Crippen LogP contribution in [0.5, 0.6) is 0 Å². The maximum absolute atomic E-state index is 7.27. The number of furan rings is 4. The van der Waals surface area contributed by atoms with Crippen LogP contribution >= 0.6 is 0 Å². The van der Waals surface area contributed by atoms with E-state index in [9.17, 15) is 0 Å². The van der Waals surface area contributed by atoms with Crippen molar-refractivity contribution in [3.05, 3.63) is 356 Å². The van der Waals surface area contributed by atoms with Crippen LogP contribution in [0.25, 0.3) is 210 Å². The maximum atomic E-state index is 7.27. The highest BCUT2D eigenvalue weighted by molar-refractivity contribution is 6.28. The van der Waals surface area contributed by atoms with Crippen LogP contribution in [0.2, 0.25) is 0 Å². The summed E-state index contributed by atoms with van der Waals surface area (Å²) < 4.78 is 28.0. The van der Waals surface area contributed by atoms with Crippen LogP contribution in [0.1, 0.15) is 22.9 Å². The third-order valence-corrected chi connectivity index (χ3v) is 22.2. The van der Waals surface area contributed by atoms with Crippen molar-refractivity contribution in [3.8, 4) is 78.7 Å². The maximum Gasteiger partial charge on any atom is 0.165 e. The van der Waals surface area contributed by atoms with Gasteiger partial charge in [0, 0.05) is 87.4 Å². The average Bonchev–Trinajstić information content (AvgIpc) is 1.34. The zero-order valence-corrected chi connectivity index (χ0v) is 58.8. The van der Waals surface area contributed by atoms with E-state index in [-0.39, 0.29) is 0 Å². The number of aromatic nitrogens is 3. The molecule has 0 radical (unpaired) electrons. The minimum Gasteiger partial charge on any atom is -0.456 e. The zero-order chi connectivity index (χ0) is 72.1. The molecular weight excluding hydrogens is 1350 g/mol. The number of nitrogens with one attached hydrogen (secondary N) is 1. The van der Waals surface area contributed by atoms with Gasteiger partial charge in [0.15, 0.2) is 23.3 Å². The van der Waals surface area contributed by atoms with Crippen molar-refractivity contribution >= 4 is 143 Å². The van der Waals surface area contributed by atoms with Crippen LogP contribution in [0.3, 0.4) is 0 Å². The number of amidine groups is 2. The third kappa shape index (κ3) is 9.79. The normalized spacial score (nSPS) is 13.4. The van der Waals surface area contributed by atoms with E-state index in [1.807, 2.05) is 54.6 Å². The van der Waals surface area contributed by atoms with Gasteiger partial charge in [0.2, 0.25) is 0 Å². The van der Waals surface area contributed by atoms with Crippen LogP contribution < -0.4 is 5.32 Å². The molecule has 1 aliphatic heterocycles. The summed E-state index contributed by atoms with van der Waals surface area (Å²) in [6, 6.07) is 119. The van der Waals surface area contributed by atoms with E-state index in [4.69, 9.17) is 42.6 Å². The van der Waals surface area contributed by atoms with Crippen molar-refractivity contribution in [1.82, 2.24) is 20.3 Å². The molecule has 10 heteroatoms. The Hall–Kier alpha value is -14.9. The second-order valence-corrected chi connectivity index (χ2v) is 28.4. The molecule has 0 saturated carbocycles. The molecule has 0 amide bonds. The van der Waals surface area contributed by atoms with Crippen molar-refractivity contribution in [2.45, 2.75) is 6.17 Å². The number of fused-ring (bicyclic) bond motifs is 18. The summed E-state index contributed by atoms with van der Waals surface area (Å²) in [6.07, 6.45) is -0.415. The lowest BCUT2D eigenvalue weighted by atomic mass is 9.92. The number of nitrogens with zero attached hydrogens (tertiary/aromatic N) is 5. The van der Waals surface area contributed by atoms with Gasteiger partial charge >= 0.3 is 0 Å². The summed E-state index contributed by atoms with van der Waals surface area (Å²) in [7, 11) is 0. The first kappa shape index (κ1) is 61.4. The van der Waals surface area contributed by atoms with Gasteiger partial charge < -0.3 is 23.0 Å². The number of benzene rings is 17. The fourth-order valence-corrected chi connectivity index (χ4v) is 17.0. The summed E-state index contributed by atoms with van der Waals surface area (Å²) in [5.74, 6) is 2.99. The lowest BCUT2D eigenvalue weighted by molar-refractivity contribution is 0.667. The topological polar surface area (TPSA) is 128 Å². The smallest absolute Gasteiger partial charge is 0.165 e. The largest absolute Gasteiger partial charge is 0.456 e. The molecule has 0 spiro atoms. The van der Waals surface area contributed by atoms with Gasteiger partial charge in [-0.25, -0.2) is 24.9 Å². The first-order valence-electron chi connectivity index (χ1n) is 37.0. The Morgan fingerprint density at radius 3 is 1.49 bits per heavy atom. The molecule has 23 rings (SSSR count). The monoisotopic (exact) mass is 1410 g/mol. The molecule has 110 heavy (non-hydrogen) atoms. The molecule has 5 aromatic heterocycles. The summed E-state index contributed by atoms with van der Waals surface area (Å²) in [5.41, 5.74) is 19.9. The van der Waals surface area contributed by atoms with Crippen LogP contribution in [0.4, 0.5) is 0 Å². The molecule has 0 fully saturated rings. The van der Waals surface area contributed by atoms with Crippen LogP contribution in [0.15, 0.2) is 367 Å². The lowest BCUT2D eigenvalue weighted by Gasteiger charge is -2.24. The third-order valence-electron chi connectivity index (χ3n) is 22.2. The standard InChI is InChI=1S/C100H58N6O4/c1-3-18-57(19-4-1)60-38-42-62(43-39-60)96-101-95(61-22-5-2-6-23-61)103-99(104-96)81-34-17-37-84-90(81)88-73(29-16-36-83(88)108-84)75-30-14-32-77-78-49-47-66-56-65(46-48-70(66)92(78)110-93(75)77)69-27-13-28-72-71(69)50-52-85-87(72)80-33-15-31-76(94(80)109-85)74-51-53-86-89(79-26-11-12-35-82(79)107-86)91(74)100-105-97(67-44-40-58-20-7-9-24-63(58)54-67)102-98(106-100)68-45-41-59-21-8-10-25-64(59)55-68/h1-56,96H,(H,101,103,104). The van der Waals surface area contributed by atoms with Gasteiger partial charge in [0.1, 0.15) is 56.7 Å². The molecule has 512 valence electrons. The first-order valence-corrected chi connectivity index (χ1v) is 37.0. The van der Waals surface area contributed by atoms with Crippen molar-refractivity contribution in [3.63, 3.8) is 0 Å². The molecular formula is C100H58N6O4. The molecule has 22 aromatic rings. The van der Waals surface area contributed by atoms with Crippen molar-refractivity contribution < 1.29 is 17.7 Å². The second kappa shape index (κ2) is 24.3. The van der Waals surface area contributed by atoms with Crippen LogP contribution in [-0.2, 0) is 0 Å². The number of hydrogen-bond donors (Lipinski definition) is 1. The second-order valence-electron chi connectivity index (χ2n) is 28.4. The van der Waals surface area contributed by atoms with Gasteiger partial charge in [-0.3, -0.25) is 0 Å². The van der Waals surface area contributed by atoms with Gasteiger partial charge in [-0.1, -0.05) is 273 Å². The van der Waals surface area contributed by atoms with Gasteiger partial charge in [-0.2, -0.15) is 0 Å². The molecule has 1 aliphatic rings. The van der Waals surface area contributed by atoms with E-state index in [0.29, 0.717) is 29.1 Å².